The number of aryl methyl sites for hydroxylation is 2. The summed E-state index contributed by atoms with van der Waals surface area (Å²) in [7, 11) is -1.91. The third-order valence-corrected chi connectivity index (χ3v) is 9.97. The molecular weight excluding hydrogens is 304 g/mol. The van der Waals surface area contributed by atoms with Gasteiger partial charge in [0, 0.05) is 0 Å². The van der Waals surface area contributed by atoms with Gasteiger partial charge in [0.1, 0.15) is 8.07 Å². The Hall–Kier alpha value is -1.86. The van der Waals surface area contributed by atoms with Gasteiger partial charge in [-0.05, 0) is 37.1 Å². The first-order chi connectivity index (χ1) is 11.6. The van der Waals surface area contributed by atoms with Crippen LogP contribution in [0.4, 0.5) is 0 Å². The van der Waals surface area contributed by atoms with Crippen LogP contribution >= 0.6 is 0 Å². The van der Waals surface area contributed by atoms with E-state index in [1.54, 1.807) is 16.0 Å². The van der Waals surface area contributed by atoms with E-state index in [2.05, 4.69) is 88.0 Å². The fourth-order valence-corrected chi connectivity index (χ4v) is 8.43. The van der Waals surface area contributed by atoms with E-state index < -0.39 is 8.07 Å². The molecule has 1 atom stereocenters. The average molecular weight is 333 g/mol. The zero-order valence-corrected chi connectivity index (χ0v) is 16.4. The Bertz CT molecular complexity index is 763. The quantitative estimate of drug-likeness (QED) is 0.669. The van der Waals surface area contributed by atoms with Crippen LogP contribution in [0.3, 0.4) is 0 Å². The van der Waals surface area contributed by atoms with Crippen LogP contribution < -0.4 is 10.4 Å². The topological polar surface area (TPSA) is 0 Å². The molecule has 0 fully saturated rings. The van der Waals surface area contributed by atoms with Gasteiger partial charge < -0.3 is 0 Å². The highest BCUT2D eigenvalue weighted by atomic mass is 28.3. The van der Waals surface area contributed by atoms with E-state index in [9.17, 15) is 0 Å². The average Bonchev–Trinajstić information content (AvgIpc) is 3.03. The second-order valence-corrected chi connectivity index (χ2v) is 11.2. The first kappa shape index (κ1) is 17.0. The van der Waals surface area contributed by atoms with Gasteiger partial charge in [0.25, 0.3) is 0 Å². The minimum absolute atomic E-state index is 1.12. The van der Waals surface area contributed by atoms with E-state index in [0.717, 1.165) is 6.42 Å². The minimum Gasteiger partial charge on any atom is -0.0806 e. The second-order valence-electron chi connectivity index (χ2n) is 7.23. The number of rotatable bonds is 5. The largest absolute Gasteiger partial charge is 0.141 e. The molecule has 124 valence electrons. The molecule has 0 heterocycles. The van der Waals surface area contributed by atoms with Crippen molar-refractivity contribution in [1.29, 1.82) is 0 Å². The molecule has 0 saturated heterocycles. The number of benzene rings is 2. The summed E-state index contributed by atoms with van der Waals surface area (Å²) in [6.45, 7) is 9.29. The SMILES string of the molecule is CCCC1=C([Si](C)(c2ccccc2)c2cc(C)cc(C)c2)CC=C1. The summed E-state index contributed by atoms with van der Waals surface area (Å²) in [5.74, 6) is 0. The van der Waals surface area contributed by atoms with Gasteiger partial charge in [-0.2, -0.15) is 0 Å². The van der Waals surface area contributed by atoms with Crippen LogP contribution in [0.25, 0.3) is 0 Å². The Kier molecular flexibility index (Phi) is 4.91. The van der Waals surface area contributed by atoms with E-state index in [1.165, 1.54) is 29.2 Å². The van der Waals surface area contributed by atoms with Gasteiger partial charge in [0.15, 0.2) is 0 Å². The molecule has 2 aromatic rings. The summed E-state index contributed by atoms with van der Waals surface area (Å²) in [6, 6.07) is 18.4. The zero-order valence-electron chi connectivity index (χ0n) is 15.4. The van der Waals surface area contributed by atoms with Crippen LogP contribution in [0.1, 0.15) is 37.3 Å². The minimum atomic E-state index is -1.91. The molecule has 1 aliphatic rings. The number of allylic oxidation sites excluding steroid dienone is 4. The lowest BCUT2D eigenvalue weighted by Crippen LogP contribution is -2.57. The fourth-order valence-electron chi connectivity index (χ4n) is 4.13. The van der Waals surface area contributed by atoms with E-state index in [4.69, 9.17) is 0 Å². The maximum atomic E-state index is 2.55. The summed E-state index contributed by atoms with van der Waals surface area (Å²) in [6.07, 6.45) is 8.30. The van der Waals surface area contributed by atoms with E-state index in [1.807, 2.05) is 0 Å². The van der Waals surface area contributed by atoms with E-state index in [0.29, 0.717) is 0 Å². The van der Waals surface area contributed by atoms with Gasteiger partial charge in [-0.3, -0.25) is 0 Å². The van der Waals surface area contributed by atoms with Crippen molar-refractivity contribution in [1.82, 2.24) is 0 Å². The molecule has 0 radical (unpaired) electrons. The molecule has 1 unspecified atom stereocenters. The Labute approximate surface area is 147 Å². The molecular formula is C23H28Si. The third kappa shape index (κ3) is 3.05. The molecule has 24 heavy (non-hydrogen) atoms. The first-order valence-electron chi connectivity index (χ1n) is 9.09. The van der Waals surface area contributed by atoms with Crippen LogP contribution in [0.15, 0.2) is 71.5 Å². The molecule has 0 N–H and O–H groups in total. The van der Waals surface area contributed by atoms with Crippen molar-refractivity contribution in [3.05, 3.63) is 82.6 Å². The van der Waals surface area contributed by atoms with Crippen LogP contribution in [-0.2, 0) is 0 Å². The van der Waals surface area contributed by atoms with Gasteiger partial charge in [0.05, 0.1) is 0 Å². The van der Waals surface area contributed by atoms with Gasteiger partial charge in [0.2, 0.25) is 0 Å². The van der Waals surface area contributed by atoms with Crippen LogP contribution in [-0.4, -0.2) is 8.07 Å². The Morgan fingerprint density at radius 1 is 0.917 bits per heavy atom. The molecule has 0 spiro atoms. The van der Waals surface area contributed by atoms with Crippen molar-refractivity contribution >= 4 is 18.4 Å². The summed E-state index contributed by atoms with van der Waals surface area (Å²) >= 11 is 0. The molecule has 0 bridgehead atoms. The lowest BCUT2D eigenvalue weighted by Gasteiger charge is -2.32. The Morgan fingerprint density at radius 3 is 2.21 bits per heavy atom. The van der Waals surface area contributed by atoms with Gasteiger partial charge >= 0.3 is 0 Å². The Balaban J connectivity index is 2.24. The standard InChI is InChI=1S/C23H28Si/c1-5-10-20-11-9-14-23(20)24(4,21-12-7-6-8-13-21)22-16-18(2)15-19(3)17-22/h6-9,11-13,15-17H,5,10,14H2,1-4H3. The van der Waals surface area contributed by atoms with E-state index in [-0.39, 0.29) is 0 Å². The van der Waals surface area contributed by atoms with Crippen molar-refractivity contribution in [3.63, 3.8) is 0 Å². The van der Waals surface area contributed by atoms with Gasteiger partial charge in [-0.25, -0.2) is 0 Å². The lowest BCUT2D eigenvalue weighted by molar-refractivity contribution is 0.923. The smallest absolute Gasteiger partial charge is 0.0806 e. The molecule has 1 heteroatoms. The molecule has 1 aliphatic carbocycles. The third-order valence-electron chi connectivity index (χ3n) is 5.30. The maximum Gasteiger partial charge on any atom is 0.141 e. The van der Waals surface area contributed by atoms with Crippen molar-refractivity contribution in [2.45, 2.75) is 46.6 Å². The Morgan fingerprint density at radius 2 is 1.58 bits per heavy atom. The fraction of sp³-hybridized carbons (Fsp3) is 0.304. The van der Waals surface area contributed by atoms with Crippen molar-refractivity contribution in [3.8, 4) is 0 Å². The second kappa shape index (κ2) is 6.94. The first-order valence-corrected chi connectivity index (χ1v) is 11.6. The van der Waals surface area contributed by atoms with Crippen LogP contribution in [0.5, 0.6) is 0 Å². The molecule has 0 amide bonds. The van der Waals surface area contributed by atoms with E-state index >= 15 is 0 Å². The lowest BCUT2D eigenvalue weighted by atomic mass is 10.2. The summed E-state index contributed by atoms with van der Waals surface area (Å²) in [5, 5.41) is 4.79. The summed E-state index contributed by atoms with van der Waals surface area (Å²) in [5.41, 5.74) is 4.35. The highest BCUT2D eigenvalue weighted by molar-refractivity contribution is 7.06. The highest BCUT2D eigenvalue weighted by Crippen LogP contribution is 2.31. The molecule has 0 saturated carbocycles. The molecule has 2 aromatic carbocycles. The number of hydrogen-bond acceptors (Lipinski definition) is 0. The molecule has 3 rings (SSSR count). The predicted molar refractivity (Wildman–Crippen MR) is 109 cm³/mol. The normalized spacial score (nSPS) is 16.5. The number of hydrogen-bond donors (Lipinski definition) is 0. The maximum absolute atomic E-state index is 2.55. The summed E-state index contributed by atoms with van der Waals surface area (Å²) < 4.78 is 0. The van der Waals surface area contributed by atoms with Gasteiger partial charge in [-0.1, -0.05) is 102 Å². The highest BCUT2D eigenvalue weighted by Gasteiger charge is 2.38. The van der Waals surface area contributed by atoms with Crippen LogP contribution in [0.2, 0.25) is 6.55 Å². The van der Waals surface area contributed by atoms with Crippen molar-refractivity contribution < 1.29 is 0 Å². The summed E-state index contributed by atoms with van der Waals surface area (Å²) in [4.78, 5) is 0. The van der Waals surface area contributed by atoms with Crippen molar-refractivity contribution in [2.24, 2.45) is 0 Å². The van der Waals surface area contributed by atoms with Crippen molar-refractivity contribution in [2.75, 3.05) is 0 Å². The zero-order chi connectivity index (χ0) is 17.2. The monoisotopic (exact) mass is 332 g/mol. The predicted octanol–water partition coefficient (Wildman–Crippen LogP) is 5.09. The van der Waals surface area contributed by atoms with Crippen LogP contribution in [0, 0.1) is 13.8 Å². The molecule has 0 nitrogen and oxygen atoms in total. The molecule has 0 aliphatic heterocycles. The van der Waals surface area contributed by atoms with Gasteiger partial charge in [-0.15, -0.1) is 0 Å². The molecule has 0 aromatic heterocycles.